The Hall–Kier alpha value is -1.92. The predicted octanol–water partition coefficient (Wildman–Crippen LogP) is 2.26. The van der Waals surface area contributed by atoms with Crippen molar-refractivity contribution in [3.63, 3.8) is 0 Å². The Morgan fingerprint density at radius 3 is 2.62 bits per heavy atom. The Morgan fingerprint density at radius 1 is 1.33 bits per heavy atom. The fourth-order valence-electron chi connectivity index (χ4n) is 1.83. The van der Waals surface area contributed by atoms with Gasteiger partial charge in [-0.1, -0.05) is 30.3 Å². The summed E-state index contributed by atoms with van der Waals surface area (Å²) in [6.45, 7) is 5.13. The summed E-state index contributed by atoms with van der Waals surface area (Å²) in [4.78, 5) is 12.0. The fraction of sp³-hybridized carbons (Fsp3) is 0.200. The minimum Gasteiger partial charge on any atom is -0.379 e. The van der Waals surface area contributed by atoms with Gasteiger partial charge in [-0.15, -0.1) is 6.58 Å². The van der Waals surface area contributed by atoms with E-state index in [0.29, 0.717) is 29.8 Å². The van der Waals surface area contributed by atoms with Crippen LogP contribution in [0.3, 0.4) is 0 Å². The summed E-state index contributed by atoms with van der Waals surface area (Å²) >= 11 is 3.31. The first kappa shape index (κ1) is 15.5. The van der Waals surface area contributed by atoms with Gasteiger partial charge in [-0.05, 0) is 27.1 Å². The van der Waals surface area contributed by atoms with Gasteiger partial charge in [0.2, 0.25) is 0 Å². The maximum absolute atomic E-state index is 12.0. The van der Waals surface area contributed by atoms with Crippen LogP contribution in [0, 0.1) is 0 Å². The van der Waals surface area contributed by atoms with E-state index in [1.165, 1.54) is 4.68 Å². The van der Waals surface area contributed by atoms with Gasteiger partial charge in [0.15, 0.2) is 0 Å². The first-order chi connectivity index (χ1) is 10.2. The van der Waals surface area contributed by atoms with E-state index in [2.05, 4.69) is 32.9 Å². The Bertz CT molecular complexity index is 679. The molecule has 0 aliphatic heterocycles. The van der Waals surface area contributed by atoms with Gasteiger partial charge in [0.05, 0.1) is 18.4 Å². The van der Waals surface area contributed by atoms with Crippen LogP contribution in [-0.2, 0) is 19.6 Å². The molecule has 6 heteroatoms. The van der Waals surface area contributed by atoms with Crippen molar-refractivity contribution in [2.45, 2.75) is 19.6 Å². The van der Waals surface area contributed by atoms with Gasteiger partial charge in [-0.2, -0.15) is 5.10 Å². The van der Waals surface area contributed by atoms with Gasteiger partial charge in [0, 0.05) is 13.1 Å². The van der Waals surface area contributed by atoms with Crippen molar-refractivity contribution in [2.75, 3.05) is 5.32 Å². The largest absolute Gasteiger partial charge is 0.379 e. The fourth-order valence-corrected chi connectivity index (χ4v) is 2.28. The lowest BCUT2D eigenvalue weighted by atomic mass is 10.1. The third kappa shape index (κ3) is 3.80. The summed E-state index contributed by atoms with van der Waals surface area (Å²) in [6.07, 6.45) is 3.26. The average Bonchev–Trinajstić information content (AvgIpc) is 2.52. The molecule has 1 heterocycles. The minimum absolute atomic E-state index is 0.182. The lowest BCUT2D eigenvalue weighted by molar-refractivity contribution is 0.649. The van der Waals surface area contributed by atoms with Crippen LogP contribution >= 0.6 is 15.9 Å². The molecule has 3 N–H and O–H groups in total. The van der Waals surface area contributed by atoms with Crippen LogP contribution in [0.1, 0.15) is 11.1 Å². The highest BCUT2D eigenvalue weighted by Gasteiger charge is 2.07. The van der Waals surface area contributed by atoms with Crippen molar-refractivity contribution in [3.05, 3.63) is 69.1 Å². The predicted molar refractivity (Wildman–Crippen MR) is 88.1 cm³/mol. The number of hydrogen-bond acceptors (Lipinski definition) is 4. The van der Waals surface area contributed by atoms with Crippen molar-refractivity contribution in [3.8, 4) is 0 Å². The van der Waals surface area contributed by atoms with Gasteiger partial charge in [0.1, 0.15) is 4.47 Å². The van der Waals surface area contributed by atoms with Crippen molar-refractivity contribution in [1.29, 1.82) is 0 Å². The maximum atomic E-state index is 12.0. The molecular formula is C15H17BrN4O. The molecule has 1 aromatic heterocycles. The van der Waals surface area contributed by atoms with Gasteiger partial charge in [0.25, 0.3) is 5.56 Å². The molecule has 0 aliphatic carbocycles. The topological polar surface area (TPSA) is 72.9 Å². The number of nitrogens with one attached hydrogen (secondary N) is 1. The maximum Gasteiger partial charge on any atom is 0.283 e. The molecule has 2 aromatic rings. The lowest BCUT2D eigenvalue weighted by Crippen LogP contribution is -2.23. The Balaban J connectivity index is 2.10. The smallest absolute Gasteiger partial charge is 0.283 e. The van der Waals surface area contributed by atoms with Crippen molar-refractivity contribution >= 4 is 21.6 Å². The zero-order valence-corrected chi connectivity index (χ0v) is 13.1. The van der Waals surface area contributed by atoms with E-state index in [1.807, 2.05) is 24.3 Å². The molecule has 0 bridgehead atoms. The molecule has 0 radical (unpaired) electrons. The summed E-state index contributed by atoms with van der Waals surface area (Å²) < 4.78 is 1.82. The molecule has 0 amide bonds. The van der Waals surface area contributed by atoms with Crippen LogP contribution in [0.4, 0.5) is 5.69 Å². The Kier molecular flexibility index (Phi) is 5.30. The van der Waals surface area contributed by atoms with Crippen molar-refractivity contribution in [2.24, 2.45) is 5.73 Å². The quantitative estimate of drug-likeness (QED) is 0.785. The number of allylic oxidation sites excluding steroid dienone is 1. The highest BCUT2D eigenvalue weighted by molar-refractivity contribution is 9.10. The standard InChI is InChI=1S/C15H17BrN4O/c1-2-7-20-15(21)14(16)13(10-19-20)18-9-12-5-3-11(8-17)4-6-12/h2-6,10,18H,1,7-9,17H2. The van der Waals surface area contributed by atoms with Crippen LogP contribution in [0.5, 0.6) is 0 Å². The molecule has 0 saturated heterocycles. The summed E-state index contributed by atoms with van der Waals surface area (Å²) in [5.74, 6) is 0. The highest BCUT2D eigenvalue weighted by atomic mass is 79.9. The van der Waals surface area contributed by atoms with E-state index in [-0.39, 0.29) is 5.56 Å². The summed E-state index contributed by atoms with van der Waals surface area (Å²) in [5, 5.41) is 7.29. The summed E-state index contributed by atoms with van der Waals surface area (Å²) in [6, 6.07) is 8.00. The monoisotopic (exact) mass is 348 g/mol. The third-order valence-corrected chi connectivity index (χ3v) is 3.79. The first-order valence-electron chi connectivity index (χ1n) is 6.54. The average molecular weight is 349 g/mol. The molecule has 0 unspecified atom stereocenters. The number of rotatable bonds is 6. The van der Waals surface area contributed by atoms with Gasteiger partial charge < -0.3 is 11.1 Å². The number of nitrogens with two attached hydrogens (primary N) is 1. The van der Waals surface area contributed by atoms with Crippen LogP contribution in [0.25, 0.3) is 0 Å². The lowest BCUT2D eigenvalue weighted by Gasteiger charge is -2.10. The number of anilines is 1. The number of halogens is 1. The van der Waals surface area contributed by atoms with Crippen LogP contribution in [0.2, 0.25) is 0 Å². The molecule has 0 fully saturated rings. The van der Waals surface area contributed by atoms with Gasteiger partial charge >= 0.3 is 0 Å². The van der Waals surface area contributed by atoms with Crippen LogP contribution < -0.4 is 16.6 Å². The molecule has 0 atom stereocenters. The molecule has 0 saturated carbocycles. The van der Waals surface area contributed by atoms with Gasteiger partial charge in [-0.3, -0.25) is 4.79 Å². The number of benzene rings is 1. The molecule has 21 heavy (non-hydrogen) atoms. The van der Waals surface area contributed by atoms with Crippen LogP contribution in [0.15, 0.2) is 52.4 Å². The molecule has 0 spiro atoms. The number of nitrogens with zero attached hydrogens (tertiary/aromatic N) is 2. The molecule has 1 aromatic carbocycles. The van der Waals surface area contributed by atoms with E-state index >= 15 is 0 Å². The molecular weight excluding hydrogens is 332 g/mol. The molecule has 110 valence electrons. The second kappa shape index (κ2) is 7.19. The molecule has 5 nitrogen and oxygen atoms in total. The zero-order valence-electron chi connectivity index (χ0n) is 11.6. The first-order valence-corrected chi connectivity index (χ1v) is 7.33. The Morgan fingerprint density at radius 2 is 2.00 bits per heavy atom. The van der Waals surface area contributed by atoms with Crippen molar-refractivity contribution < 1.29 is 0 Å². The second-order valence-electron chi connectivity index (χ2n) is 4.52. The highest BCUT2D eigenvalue weighted by Crippen LogP contribution is 2.17. The van der Waals surface area contributed by atoms with Gasteiger partial charge in [-0.25, -0.2) is 4.68 Å². The summed E-state index contributed by atoms with van der Waals surface area (Å²) in [7, 11) is 0. The minimum atomic E-state index is -0.182. The molecule has 2 rings (SSSR count). The number of hydrogen-bond donors (Lipinski definition) is 2. The Labute approximate surface area is 131 Å². The third-order valence-electron chi connectivity index (χ3n) is 3.03. The van der Waals surface area contributed by atoms with E-state index in [0.717, 1.165) is 11.1 Å². The normalized spacial score (nSPS) is 10.4. The van der Waals surface area contributed by atoms with E-state index in [4.69, 9.17) is 5.73 Å². The molecule has 0 aliphatic rings. The van der Waals surface area contributed by atoms with E-state index in [1.54, 1.807) is 12.3 Å². The van der Waals surface area contributed by atoms with E-state index in [9.17, 15) is 4.79 Å². The SMILES string of the molecule is C=CCn1ncc(NCc2ccc(CN)cc2)c(Br)c1=O. The number of aromatic nitrogens is 2. The second-order valence-corrected chi connectivity index (χ2v) is 5.32. The van der Waals surface area contributed by atoms with E-state index < -0.39 is 0 Å². The zero-order chi connectivity index (χ0) is 15.2. The van der Waals surface area contributed by atoms with Crippen molar-refractivity contribution in [1.82, 2.24) is 9.78 Å². The van der Waals surface area contributed by atoms with Crippen LogP contribution in [-0.4, -0.2) is 9.78 Å². The summed E-state index contributed by atoms with van der Waals surface area (Å²) in [5.41, 5.74) is 8.25.